The number of hydrogen-bond donors (Lipinski definition) is 2. The summed E-state index contributed by atoms with van der Waals surface area (Å²) in [6.45, 7) is 9.14. The van der Waals surface area contributed by atoms with Crippen molar-refractivity contribution in [1.29, 1.82) is 0 Å². The topological polar surface area (TPSA) is 119 Å². The van der Waals surface area contributed by atoms with Gasteiger partial charge in [0, 0.05) is 12.3 Å². The van der Waals surface area contributed by atoms with Crippen molar-refractivity contribution in [3.05, 3.63) is 23.8 Å². The monoisotopic (exact) mass is 450 g/mol. The van der Waals surface area contributed by atoms with Crippen molar-refractivity contribution >= 4 is 17.7 Å². The summed E-state index contributed by atoms with van der Waals surface area (Å²) in [5, 5.41) is 21.1. The summed E-state index contributed by atoms with van der Waals surface area (Å²) in [7, 11) is 1.36. The first-order valence-corrected chi connectivity index (χ1v) is 10.8. The van der Waals surface area contributed by atoms with E-state index in [-0.39, 0.29) is 43.0 Å². The Labute approximate surface area is 188 Å². The number of phenolic OH excluding ortho intramolecular Hbond substituents is 1. The highest BCUT2D eigenvalue weighted by Crippen LogP contribution is 2.48. The minimum absolute atomic E-state index is 0.0553. The van der Waals surface area contributed by atoms with Gasteiger partial charge in [-0.1, -0.05) is 33.8 Å². The molecule has 1 aliphatic carbocycles. The number of carbonyl (C=O) groups excluding carboxylic acids is 3. The minimum atomic E-state index is -1.74. The zero-order valence-corrected chi connectivity index (χ0v) is 19.6. The van der Waals surface area contributed by atoms with Gasteiger partial charge in [-0.05, 0) is 36.5 Å². The van der Waals surface area contributed by atoms with E-state index in [1.165, 1.54) is 32.2 Å². The Kier molecular flexibility index (Phi) is 8.29. The van der Waals surface area contributed by atoms with E-state index in [9.17, 15) is 24.6 Å². The van der Waals surface area contributed by atoms with Gasteiger partial charge in [-0.2, -0.15) is 0 Å². The maximum absolute atomic E-state index is 13.1. The molecule has 178 valence electrons. The number of rotatable bonds is 8. The molecule has 0 heterocycles. The van der Waals surface area contributed by atoms with Crippen LogP contribution in [0.15, 0.2) is 18.2 Å². The van der Waals surface area contributed by atoms with Crippen LogP contribution >= 0.6 is 0 Å². The van der Waals surface area contributed by atoms with Crippen LogP contribution in [0.25, 0.3) is 0 Å². The Balaban J connectivity index is 2.59. The van der Waals surface area contributed by atoms with Crippen molar-refractivity contribution < 1.29 is 38.8 Å². The average Bonchev–Trinajstić information content (AvgIpc) is 2.69. The maximum Gasteiger partial charge on any atom is 0.317 e. The quantitative estimate of drug-likeness (QED) is 0.458. The third-order valence-corrected chi connectivity index (χ3v) is 5.48. The smallest absolute Gasteiger partial charge is 0.317 e. The lowest BCUT2D eigenvalue weighted by molar-refractivity contribution is -0.173. The second-order valence-corrected chi connectivity index (χ2v) is 9.46. The molecule has 1 saturated carbocycles. The lowest BCUT2D eigenvalue weighted by atomic mass is 9.61. The summed E-state index contributed by atoms with van der Waals surface area (Å²) in [4.78, 5) is 39.2. The molecular formula is C24H34O8. The zero-order chi connectivity index (χ0) is 24.2. The van der Waals surface area contributed by atoms with E-state index in [0.29, 0.717) is 5.56 Å². The average molecular weight is 451 g/mol. The third kappa shape index (κ3) is 5.79. The fraction of sp³-hybridized carbons (Fsp3) is 0.625. The maximum atomic E-state index is 13.1. The molecule has 0 radical (unpaired) electrons. The van der Waals surface area contributed by atoms with Crippen LogP contribution < -0.4 is 4.74 Å². The van der Waals surface area contributed by atoms with Crippen LogP contribution in [-0.2, 0) is 23.9 Å². The summed E-state index contributed by atoms with van der Waals surface area (Å²) in [6, 6.07) is 4.32. The fourth-order valence-electron chi connectivity index (χ4n) is 3.99. The highest BCUT2D eigenvalue weighted by molar-refractivity contribution is 6.02. The second-order valence-electron chi connectivity index (χ2n) is 9.46. The molecule has 2 N–H and O–H groups in total. The predicted molar refractivity (Wildman–Crippen MR) is 116 cm³/mol. The van der Waals surface area contributed by atoms with Crippen LogP contribution in [0, 0.1) is 23.7 Å². The van der Waals surface area contributed by atoms with Crippen LogP contribution in [0.2, 0.25) is 0 Å². The van der Waals surface area contributed by atoms with Crippen molar-refractivity contribution in [2.45, 2.75) is 52.6 Å². The minimum Gasteiger partial charge on any atom is -0.504 e. The van der Waals surface area contributed by atoms with E-state index in [2.05, 4.69) is 0 Å². The van der Waals surface area contributed by atoms with Gasteiger partial charge in [0.15, 0.2) is 17.3 Å². The van der Waals surface area contributed by atoms with Gasteiger partial charge in [-0.3, -0.25) is 14.4 Å². The standard InChI is InChI=1S/C24H34O8/c1-13(2)11-31-22(27)20-17(26)10-24(5,29)21(23(28)32-12-14(3)4)19(20)15-7-8-16(25)18(9-15)30-6/h7-9,13-14,19-21,25,29H,10-12H2,1-6H3/t19-,20-,21-,24+/m1/s1. The molecule has 0 amide bonds. The summed E-state index contributed by atoms with van der Waals surface area (Å²) in [5.74, 6) is -5.44. The number of ether oxygens (including phenoxy) is 3. The number of hydrogen-bond acceptors (Lipinski definition) is 8. The molecular weight excluding hydrogens is 416 g/mol. The fourth-order valence-corrected chi connectivity index (χ4v) is 3.99. The van der Waals surface area contributed by atoms with Crippen molar-refractivity contribution in [3.8, 4) is 11.5 Å². The van der Waals surface area contributed by atoms with E-state index < -0.39 is 41.1 Å². The molecule has 8 nitrogen and oxygen atoms in total. The first-order chi connectivity index (χ1) is 14.9. The summed E-state index contributed by atoms with van der Waals surface area (Å²) in [5.41, 5.74) is -1.36. The van der Waals surface area contributed by atoms with Gasteiger partial charge < -0.3 is 24.4 Å². The van der Waals surface area contributed by atoms with Crippen LogP contribution in [0.3, 0.4) is 0 Å². The molecule has 0 saturated heterocycles. The summed E-state index contributed by atoms with van der Waals surface area (Å²) >= 11 is 0. The molecule has 8 heteroatoms. The van der Waals surface area contributed by atoms with Crippen LogP contribution in [0.5, 0.6) is 11.5 Å². The lowest BCUT2D eigenvalue weighted by Gasteiger charge is -2.43. The predicted octanol–water partition coefficient (Wildman–Crippen LogP) is 2.84. The molecule has 0 spiro atoms. The Morgan fingerprint density at radius 3 is 2.19 bits per heavy atom. The number of methoxy groups -OCH3 is 1. The molecule has 32 heavy (non-hydrogen) atoms. The van der Waals surface area contributed by atoms with E-state index in [1.54, 1.807) is 0 Å². The molecule has 1 aromatic rings. The Hall–Kier alpha value is -2.61. The number of phenols is 1. The van der Waals surface area contributed by atoms with Gasteiger partial charge in [0.1, 0.15) is 5.92 Å². The number of carbonyl (C=O) groups is 3. The van der Waals surface area contributed by atoms with E-state index in [0.717, 1.165) is 0 Å². The lowest BCUT2D eigenvalue weighted by Crippen LogP contribution is -2.55. The molecule has 1 aromatic carbocycles. The third-order valence-electron chi connectivity index (χ3n) is 5.48. The SMILES string of the molecule is COc1cc([C@@H]2[C@H](C(=O)OCC(C)C)C(=O)C[C@](C)(O)[C@H]2C(=O)OCC(C)C)ccc1O. The Morgan fingerprint density at radius 1 is 1.09 bits per heavy atom. The van der Waals surface area contributed by atoms with E-state index >= 15 is 0 Å². The molecule has 4 atom stereocenters. The summed E-state index contributed by atoms with van der Waals surface area (Å²) < 4.78 is 16.0. The van der Waals surface area contributed by atoms with Crippen molar-refractivity contribution in [2.24, 2.45) is 23.7 Å². The van der Waals surface area contributed by atoms with Gasteiger partial charge in [0.05, 0.1) is 31.8 Å². The number of ketones is 1. The number of benzene rings is 1. The highest BCUT2D eigenvalue weighted by Gasteiger charge is 2.57. The van der Waals surface area contributed by atoms with Crippen molar-refractivity contribution in [2.75, 3.05) is 20.3 Å². The highest BCUT2D eigenvalue weighted by atomic mass is 16.5. The van der Waals surface area contributed by atoms with Gasteiger partial charge in [-0.15, -0.1) is 0 Å². The molecule has 2 rings (SSSR count). The van der Waals surface area contributed by atoms with Crippen molar-refractivity contribution in [1.82, 2.24) is 0 Å². The second kappa shape index (κ2) is 10.3. The molecule has 0 aliphatic heterocycles. The first kappa shape index (κ1) is 25.6. The van der Waals surface area contributed by atoms with Crippen LogP contribution in [0.1, 0.15) is 52.5 Å². The number of Topliss-reactive ketones (excluding diaryl/α,β-unsaturated/α-hetero) is 1. The van der Waals surface area contributed by atoms with Crippen LogP contribution in [0.4, 0.5) is 0 Å². The van der Waals surface area contributed by atoms with Crippen LogP contribution in [-0.4, -0.2) is 53.9 Å². The number of aromatic hydroxyl groups is 1. The molecule has 0 unspecified atom stereocenters. The van der Waals surface area contributed by atoms with Crippen molar-refractivity contribution in [3.63, 3.8) is 0 Å². The molecule has 0 aromatic heterocycles. The molecule has 0 bridgehead atoms. The Bertz CT molecular complexity index is 842. The number of esters is 2. The first-order valence-electron chi connectivity index (χ1n) is 10.8. The van der Waals surface area contributed by atoms with Gasteiger partial charge >= 0.3 is 11.9 Å². The van der Waals surface area contributed by atoms with E-state index in [1.807, 2.05) is 27.7 Å². The van der Waals surface area contributed by atoms with Gasteiger partial charge in [-0.25, -0.2) is 0 Å². The van der Waals surface area contributed by atoms with Gasteiger partial charge in [0.25, 0.3) is 0 Å². The zero-order valence-electron chi connectivity index (χ0n) is 19.6. The van der Waals surface area contributed by atoms with Gasteiger partial charge in [0.2, 0.25) is 0 Å². The summed E-state index contributed by atoms with van der Waals surface area (Å²) in [6.07, 6.45) is -0.387. The normalized spacial score (nSPS) is 25.7. The number of aliphatic hydroxyl groups is 1. The Morgan fingerprint density at radius 2 is 1.66 bits per heavy atom. The molecule has 1 fully saturated rings. The molecule has 1 aliphatic rings. The largest absolute Gasteiger partial charge is 0.504 e. The van der Waals surface area contributed by atoms with E-state index in [4.69, 9.17) is 14.2 Å².